The average Bonchev–Trinajstić information content (AvgIpc) is 2.77. The van der Waals surface area contributed by atoms with E-state index < -0.39 is 10.0 Å². The molecular weight excluding hydrogens is 252 g/mol. The summed E-state index contributed by atoms with van der Waals surface area (Å²) >= 11 is 0. The lowest BCUT2D eigenvalue weighted by atomic mass is 10.3. The van der Waals surface area contributed by atoms with Crippen molar-refractivity contribution >= 4 is 10.0 Å². The molecule has 18 heavy (non-hydrogen) atoms. The van der Waals surface area contributed by atoms with Gasteiger partial charge in [0.1, 0.15) is 4.90 Å². The quantitative estimate of drug-likeness (QED) is 0.893. The molecule has 7 heteroatoms. The Hall–Kier alpha value is -1.73. The van der Waals surface area contributed by atoms with Gasteiger partial charge in [0.2, 0.25) is 10.0 Å². The molecule has 0 amide bonds. The van der Waals surface area contributed by atoms with Gasteiger partial charge in [-0.05, 0) is 19.1 Å². The third-order valence-corrected chi connectivity index (χ3v) is 4.50. The molecule has 96 valence electrons. The Morgan fingerprint density at radius 2 is 2.17 bits per heavy atom. The van der Waals surface area contributed by atoms with Crippen LogP contribution >= 0.6 is 0 Å². The first-order chi connectivity index (χ1) is 8.51. The van der Waals surface area contributed by atoms with Crippen molar-refractivity contribution in [2.45, 2.75) is 18.4 Å². The molecule has 0 unspecified atom stereocenters. The van der Waals surface area contributed by atoms with Crippen molar-refractivity contribution in [1.82, 2.24) is 19.5 Å². The highest BCUT2D eigenvalue weighted by Crippen LogP contribution is 2.17. The number of rotatable bonds is 4. The minimum absolute atomic E-state index is 0.195. The Morgan fingerprint density at radius 3 is 2.72 bits per heavy atom. The van der Waals surface area contributed by atoms with Gasteiger partial charge in [0, 0.05) is 13.2 Å². The van der Waals surface area contributed by atoms with Gasteiger partial charge in [-0.2, -0.15) is 9.40 Å². The number of nitrogens with one attached hydrogen (secondary N) is 1. The average molecular weight is 266 g/mol. The summed E-state index contributed by atoms with van der Waals surface area (Å²) < 4.78 is 25.8. The molecule has 0 radical (unpaired) electrons. The van der Waals surface area contributed by atoms with Gasteiger partial charge >= 0.3 is 0 Å². The molecule has 2 heterocycles. The molecule has 0 bridgehead atoms. The monoisotopic (exact) mass is 266 g/mol. The molecule has 2 rings (SSSR count). The van der Waals surface area contributed by atoms with E-state index in [9.17, 15) is 8.42 Å². The predicted octanol–water partition coefficient (Wildman–Crippen LogP) is 0.934. The Labute approximate surface area is 106 Å². The van der Waals surface area contributed by atoms with Crippen LogP contribution in [-0.2, 0) is 16.6 Å². The number of sulfonamides is 1. The molecule has 0 aliphatic rings. The van der Waals surface area contributed by atoms with Gasteiger partial charge in [-0.15, -0.1) is 0 Å². The van der Waals surface area contributed by atoms with Crippen molar-refractivity contribution in [3.05, 3.63) is 42.0 Å². The van der Waals surface area contributed by atoms with Gasteiger partial charge in [-0.25, -0.2) is 8.42 Å². The Morgan fingerprint density at radius 1 is 1.39 bits per heavy atom. The van der Waals surface area contributed by atoms with Crippen LogP contribution in [0.3, 0.4) is 0 Å². The molecule has 1 N–H and O–H groups in total. The van der Waals surface area contributed by atoms with Gasteiger partial charge in [0.15, 0.2) is 0 Å². The standard InChI is InChI=1S/C11H14N4O2S/c1-9-11(7-13-14-9)18(16,17)15(2)8-10-5-3-4-6-12-10/h3-7H,8H2,1-2H3,(H,13,14). The van der Waals surface area contributed by atoms with Crippen LogP contribution in [0, 0.1) is 6.92 Å². The molecule has 0 aliphatic heterocycles. The summed E-state index contributed by atoms with van der Waals surface area (Å²) in [5.74, 6) is 0. The zero-order valence-electron chi connectivity index (χ0n) is 10.2. The molecule has 0 saturated carbocycles. The van der Waals surface area contributed by atoms with E-state index in [0.29, 0.717) is 11.4 Å². The third-order valence-electron chi connectivity index (χ3n) is 2.58. The predicted molar refractivity (Wildman–Crippen MR) is 66.2 cm³/mol. The molecule has 0 fully saturated rings. The van der Waals surface area contributed by atoms with Crippen LogP contribution < -0.4 is 0 Å². The van der Waals surface area contributed by atoms with E-state index in [1.165, 1.54) is 17.5 Å². The maximum absolute atomic E-state index is 12.3. The van der Waals surface area contributed by atoms with Crippen LogP contribution in [0.4, 0.5) is 0 Å². The summed E-state index contributed by atoms with van der Waals surface area (Å²) in [6, 6.07) is 5.40. The molecule has 0 aromatic carbocycles. The molecule has 2 aromatic heterocycles. The fourth-order valence-corrected chi connectivity index (χ4v) is 2.83. The Kier molecular flexibility index (Phi) is 3.44. The highest BCUT2D eigenvalue weighted by atomic mass is 32.2. The van der Waals surface area contributed by atoms with Crippen molar-refractivity contribution in [1.29, 1.82) is 0 Å². The van der Waals surface area contributed by atoms with Gasteiger partial charge in [-0.1, -0.05) is 6.07 Å². The van der Waals surface area contributed by atoms with E-state index in [2.05, 4.69) is 15.2 Å². The first-order valence-electron chi connectivity index (χ1n) is 5.38. The lowest BCUT2D eigenvalue weighted by Gasteiger charge is -2.16. The fourth-order valence-electron chi connectivity index (χ4n) is 1.57. The maximum atomic E-state index is 12.3. The molecule has 0 aliphatic carbocycles. The summed E-state index contributed by atoms with van der Waals surface area (Å²) in [7, 11) is -2.00. The van der Waals surface area contributed by atoms with Crippen LogP contribution in [0.15, 0.2) is 35.5 Å². The summed E-state index contributed by atoms with van der Waals surface area (Å²) in [5, 5.41) is 6.35. The summed E-state index contributed by atoms with van der Waals surface area (Å²) in [6.07, 6.45) is 2.96. The molecule has 0 saturated heterocycles. The second-order valence-electron chi connectivity index (χ2n) is 3.94. The van der Waals surface area contributed by atoms with Crippen molar-refractivity contribution in [2.24, 2.45) is 0 Å². The van der Waals surface area contributed by atoms with Gasteiger partial charge in [0.05, 0.1) is 24.1 Å². The lowest BCUT2D eigenvalue weighted by Crippen LogP contribution is -2.27. The minimum atomic E-state index is -3.52. The number of pyridine rings is 1. The lowest BCUT2D eigenvalue weighted by molar-refractivity contribution is 0.462. The van der Waals surface area contributed by atoms with Crippen molar-refractivity contribution in [2.75, 3.05) is 7.05 Å². The van der Waals surface area contributed by atoms with Gasteiger partial charge < -0.3 is 0 Å². The third kappa shape index (κ3) is 2.41. The van der Waals surface area contributed by atoms with Crippen LogP contribution in [0.2, 0.25) is 0 Å². The van der Waals surface area contributed by atoms with E-state index in [0.717, 1.165) is 0 Å². The summed E-state index contributed by atoms with van der Waals surface area (Å²) in [6.45, 7) is 1.91. The first kappa shape index (κ1) is 12.7. The van der Waals surface area contributed by atoms with E-state index in [4.69, 9.17) is 0 Å². The first-order valence-corrected chi connectivity index (χ1v) is 6.82. The van der Waals surface area contributed by atoms with Crippen molar-refractivity contribution in [3.63, 3.8) is 0 Å². The highest BCUT2D eigenvalue weighted by Gasteiger charge is 2.24. The Balaban J connectivity index is 2.24. The normalized spacial score (nSPS) is 11.9. The van der Waals surface area contributed by atoms with Crippen LogP contribution in [0.5, 0.6) is 0 Å². The summed E-state index contributed by atoms with van der Waals surface area (Å²) in [4.78, 5) is 4.30. The molecule has 6 nitrogen and oxygen atoms in total. The molecular formula is C11H14N4O2S. The van der Waals surface area contributed by atoms with E-state index in [-0.39, 0.29) is 11.4 Å². The second kappa shape index (κ2) is 4.87. The molecule has 0 atom stereocenters. The van der Waals surface area contributed by atoms with Crippen molar-refractivity contribution in [3.8, 4) is 0 Å². The highest BCUT2D eigenvalue weighted by molar-refractivity contribution is 7.89. The SMILES string of the molecule is Cc1[nH]ncc1S(=O)(=O)N(C)Cc1ccccn1. The minimum Gasteiger partial charge on any atom is -0.281 e. The zero-order valence-corrected chi connectivity index (χ0v) is 11.0. The van der Waals surface area contributed by atoms with E-state index >= 15 is 0 Å². The van der Waals surface area contributed by atoms with Crippen LogP contribution in [0.1, 0.15) is 11.4 Å². The number of nitrogens with zero attached hydrogens (tertiary/aromatic N) is 3. The number of aromatic nitrogens is 3. The second-order valence-corrected chi connectivity index (χ2v) is 5.95. The van der Waals surface area contributed by atoms with Crippen LogP contribution in [-0.4, -0.2) is 35.0 Å². The fraction of sp³-hybridized carbons (Fsp3) is 0.273. The van der Waals surface area contributed by atoms with Gasteiger partial charge in [-0.3, -0.25) is 10.1 Å². The zero-order chi connectivity index (χ0) is 13.2. The number of H-pyrrole nitrogens is 1. The van der Waals surface area contributed by atoms with E-state index in [1.54, 1.807) is 25.3 Å². The number of aryl methyl sites for hydroxylation is 1. The maximum Gasteiger partial charge on any atom is 0.246 e. The van der Waals surface area contributed by atoms with Crippen LogP contribution in [0.25, 0.3) is 0 Å². The van der Waals surface area contributed by atoms with E-state index in [1.807, 2.05) is 6.07 Å². The van der Waals surface area contributed by atoms with Gasteiger partial charge in [0.25, 0.3) is 0 Å². The number of hydrogen-bond acceptors (Lipinski definition) is 4. The number of aromatic amines is 1. The smallest absolute Gasteiger partial charge is 0.246 e. The number of hydrogen-bond donors (Lipinski definition) is 1. The largest absolute Gasteiger partial charge is 0.281 e. The van der Waals surface area contributed by atoms with Crippen molar-refractivity contribution < 1.29 is 8.42 Å². The molecule has 0 spiro atoms. The summed E-state index contributed by atoms with van der Waals surface area (Å²) in [5.41, 5.74) is 1.23. The topological polar surface area (TPSA) is 79.0 Å². The Bertz CT molecular complexity index is 622. The molecule has 2 aromatic rings.